The van der Waals surface area contributed by atoms with Crippen LogP contribution in [0.5, 0.6) is 0 Å². The number of nitrogens with one attached hydrogen (secondary N) is 3. The Morgan fingerprint density at radius 2 is 1.97 bits per heavy atom. The first-order chi connectivity index (χ1) is 17.9. The van der Waals surface area contributed by atoms with Crippen LogP contribution < -0.4 is 10.6 Å². The van der Waals surface area contributed by atoms with Crippen LogP contribution in [0.2, 0.25) is 10.0 Å². The van der Waals surface area contributed by atoms with E-state index in [1.54, 1.807) is 0 Å². The van der Waals surface area contributed by atoms with Crippen molar-refractivity contribution in [3.63, 3.8) is 0 Å². The van der Waals surface area contributed by atoms with Gasteiger partial charge in [0.15, 0.2) is 4.34 Å². The number of imidazole rings is 1. The molecule has 192 valence electrons. The molecule has 2 amide bonds. The van der Waals surface area contributed by atoms with Gasteiger partial charge in [0.1, 0.15) is 5.69 Å². The summed E-state index contributed by atoms with van der Waals surface area (Å²) in [4.78, 5) is 38.4. The molecule has 0 radical (unpaired) electrons. The number of carbonyl (C=O) groups excluding carboxylic acids is 2. The zero-order chi connectivity index (χ0) is 25.8. The maximum absolute atomic E-state index is 12.6. The number of hydrogen-bond donors (Lipinski definition) is 3. The number of aromatic amines is 1. The Balaban J connectivity index is 1.07. The lowest BCUT2D eigenvalue weighted by molar-refractivity contribution is -0.119. The number of halogens is 2. The number of H-pyrrole nitrogens is 1. The third-order valence-electron chi connectivity index (χ3n) is 6.04. The maximum Gasteiger partial charge on any atom is 0.273 e. The highest BCUT2D eigenvalue weighted by atomic mass is 35.5. The number of amides is 2. The highest BCUT2D eigenvalue weighted by Crippen LogP contribution is 2.31. The molecule has 1 aliphatic rings. The number of thiazole rings is 1. The van der Waals surface area contributed by atoms with Crippen LogP contribution in [0.4, 0.5) is 5.69 Å². The van der Waals surface area contributed by atoms with Crippen molar-refractivity contribution in [3.05, 3.63) is 70.2 Å². The van der Waals surface area contributed by atoms with E-state index in [0.717, 1.165) is 52.6 Å². The Kier molecular flexibility index (Phi) is 8.31. The van der Waals surface area contributed by atoms with Crippen molar-refractivity contribution < 1.29 is 9.59 Å². The average Bonchev–Trinajstić information content (AvgIpc) is 3.56. The van der Waals surface area contributed by atoms with Crippen molar-refractivity contribution in [3.8, 4) is 0 Å². The Labute approximate surface area is 232 Å². The van der Waals surface area contributed by atoms with Crippen molar-refractivity contribution in [2.75, 3.05) is 24.2 Å². The molecule has 2 aromatic heterocycles. The Morgan fingerprint density at radius 3 is 2.73 bits per heavy atom. The predicted molar refractivity (Wildman–Crippen MR) is 150 cm³/mol. The third-order valence-corrected chi connectivity index (χ3v) is 8.94. The van der Waals surface area contributed by atoms with Gasteiger partial charge in [-0.15, -0.1) is 11.3 Å². The number of benzene rings is 2. The van der Waals surface area contributed by atoms with E-state index in [1.165, 1.54) is 35.6 Å². The number of carbonyl (C=O) groups is 2. The second kappa shape index (κ2) is 11.8. The molecule has 0 bridgehead atoms. The summed E-state index contributed by atoms with van der Waals surface area (Å²) in [6, 6.07) is 11.5. The summed E-state index contributed by atoms with van der Waals surface area (Å²) in [5.74, 6) is 0.0692. The van der Waals surface area contributed by atoms with E-state index < -0.39 is 0 Å². The van der Waals surface area contributed by atoms with Crippen LogP contribution >= 0.6 is 46.3 Å². The first kappa shape index (κ1) is 26.0. The van der Waals surface area contributed by atoms with Crippen molar-refractivity contribution >= 4 is 74.0 Å². The molecule has 0 aliphatic carbocycles. The molecule has 37 heavy (non-hydrogen) atoms. The minimum absolute atomic E-state index is 0.0136. The van der Waals surface area contributed by atoms with Crippen LogP contribution in [0.15, 0.2) is 53.3 Å². The number of nitrogens with zero attached hydrogens (tertiary/aromatic N) is 3. The molecule has 0 saturated carbocycles. The van der Waals surface area contributed by atoms with E-state index in [9.17, 15) is 9.59 Å². The van der Waals surface area contributed by atoms with Crippen LogP contribution in [-0.2, 0) is 11.3 Å². The van der Waals surface area contributed by atoms with Gasteiger partial charge in [-0.05, 0) is 48.7 Å². The summed E-state index contributed by atoms with van der Waals surface area (Å²) in [5, 5.41) is 7.15. The molecule has 1 fully saturated rings. The zero-order valence-corrected chi connectivity index (χ0v) is 22.8. The molecular formula is C25H24Cl2N6O2S2. The van der Waals surface area contributed by atoms with Gasteiger partial charge in [-0.2, -0.15) is 0 Å². The number of fused-ring (bicyclic) bond motifs is 1. The fraction of sp³-hybridized carbons (Fsp3) is 0.280. The Morgan fingerprint density at radius 1 is 1.14 bits per heavy atom. The molecule has 0 atom stereocenters. The second-order valence-electron chi connectivity index (χ2n) is 8.74. The monoisotopic (exact) mass is 574 g/mol. The van der Waals surface area contributed by atoms with E-state index >= 15 is 0 Å². The molecule has 1 aliphatic heterocycles. The van der Waals surface area contributed by atoms with Crippen LogP contribution in [0.1, 0.15) is 28.9 Å². The first-order valence-electron chi connectivity index (χ1n) is 11.7. The first-order valence-corrected chi connectivity index (χ1v) is 14.3. The van der Waals surface area contributed by atoms with Gasteiger partial charge in [0.2, 0.25) is 5.91 Å². The zero-order valence-electron chi connectivity index (χ0n) is 19.7. The summed E-state index contributed by atoms with van der Waals surface area (Å²) in [5.41, 5.74) is 3.04. The van der Waals surface area contributed by atoms with E-state index in [1.807, 2.05) is 36.4 Å². The number of likely N-dealkylation sites (tertiary alicyclic amines) is 1. The molecule has 3 heterocycles. The quantitative estimate of drug-likeness (QED) is 0.242. The molecule has 8 nitrogen and oxygen atoms in total. The molecule has 0 unspecified atom stereocenters. The number of aromatic nitrogens is 3. The van der Waals surface area contributed by atoms with Gasteiger partial charge >= 0.3 is 0 Å². The average molecular weight is 576 g/mol. The van der Waals surface area contributed by atoms with Crippen LogP contribution in [0.25, 0.3) is 10.2 Å². The van der Waals surface area contributed by atoms with Crippen molar-refractivity contribution in [1.29, 1.82) is 0 Å². The summed E-state index contributed by atoms with van der Waals surface area (Å²) < 4.78 is 1.76. The molecule has 1 saturated heterocycles. The van der Waals surface area contributed by atoms with Crippen molar-refractivity contribution in [1.82, 2.24) is 25.2 Å². The fourth-order valence-electron chi connectivity index (χ4n) is 4.15. The lowest BCUT2D eigenvalue weighted by Crippen LogP contribution is -2.44. The summed E-state index contributed by atoms with van der Waals surface area (Å²) >= 11 is 15.1. The summed E-state index contributed by atoms with van der Waals surface area (Å²) in [7, 11) is 0. The van der Waals surface area contributed by atoms with E-state index in [0.29, 0.717) is 27.2 Å². The molecule has 12 heteroatoms. The predicted octanol–water partition coefficient (Wildman–Crippen LogP) is 5.45. The largest absolute Gasteiger partial charge is 0.353 e. The van der Waals surface area contributed by atoms with Crippen LogP contribution in [-0.4, -0.2) is 56.6 Å². The molecule has 4 aromatic rings. The minimum Gasteiger partial charge on any atom is -0.353 e. The number of hydrogen-bond acceptors (Lipinski definition) is 7. The molecule has 5 rings (SSSR count). The molecule has 0 spiro atoms. The van der Waals surface area contributed by atoms with Gasteiger partial charge in [-0.25, -0.2) is 9.97 Å². The van der Waals surface area contributed by atoms with Gasteiger partial charge in [-0.1, -0.05) is 41.0 Å². The summed E-state index contributed by atoms with van der Waals surface area (Å²) in [6.45, 7) is 2.64. The highest BCUT2D eigenvalue weighted by molar-refractivity contribution is 8.01. The van der Waals surface area contributed by atoms with Gasteiger partial charge in [0.25, 0.3) is 5.91 Å². The van der Waals surface area contributed by atoms with Crippen molar-refractivity contribution in [2.24, 2.45) is 0 Å². The third kappa shape index (κ3) is 6.82. The van der Waals surface area contributed by atoms with Crippen LogP contribution in [0, 0.1) is 0 Å². The molecule has 3 N–H and O–H groups in total. The van der Waals surface area contributed by atoms with Crippen LogP contribution in [0.3, 0.4) is 0 Å². The summed E-state index contributed by atoms with van der Waals surface area (Å²) in [6.07, 6.45) is 4.75. The number of thioether (sulfide) groups is 1. The SMILES string of the molecule is O=C(CSc1nc2ccc(NC(=O)c3cnc[nH]3)cc2s1)NC1CCN(Cc2ccc(Cl)c(Cl)c2)CC1. The Bertz CT molecular complexity index is 1400. The van der Waals surface area contributed by atoms with Gasteiger partial charge < -0.3 is 15.6 Å². The maximum atomic E-state index is 12.6. The van der Waals surface area contributed by atoms with Gasteiger partial charge in [-0.3, -0.25) is 14.5 Å². The normalized spacial score (nSPS) is 14.6. The number of anilines is 1. The molecule has 2 aromatic carbocycles. The van der Waals surface area contributed by atoms with Crippen molar-refractivity contribution in [2.45, 2.75) is 29.8 Å². The van der Waals surface area contributed by atoms with Gasteiger partial charge in [0, 0.05) is 31.4 Å². The molecular weight excluding hydrogens is 551 g/mol. The highest BCUT2D eigenvalue weighted by Gasteiger charge is 2.21. The lowest BCUT2D eigenvalue weighted by atomic mass is 10.0. The smallest absolute Gasteiger partial charge is 0.273 e. The van der Waals surface area contributed by atoms with E-state index in [-0.39, 0.29) is 17.9 Å². The minimum atomic E-state index is -0.257. The Hall–Kier alpha value is -2.63. The number of rotatable bonds is 8. The fourth-order valence-corrected chi connectivity index (χ4v) is 6.39. The van der Waals surface area contributed by atoms with E-state index in [2.05, 4.69) is 30.5 Å². The standard InChI is InChI=1S/C25H24Cl2N6O2S2/c26-18-3-1-15(9-19(18)27)12-33-7-5-16(6-8-33)30-23(34)13-36-25-32-20-4-2-17(10-22(20)37-25)31-24(35)21-11-28-14-29-21/h1-4,9-11,14,16H,5-8,12-13H2,(H,28,29)(H,30,34)(H,31,35). The second-order valence-corrected chi connectivity index (χ2v) is 11.8. The lowest BCUT2D eigenvalue weighted by Gasteiger charge is -2.32. The number of piperidine rings is 1. The van der Waals surface area contributed by atoms with E-state index in [4.69, 9.17) is 23.2 Å². The van der Waals surface area contributed by atoms with Gasteiger partial charge in [0.05, 0.1) is 38.5 Å². The topological polar surface area (TPSA) is 103 Å².